The van der Waals surface area contributed by atoms with E-state index in [2.05, 4.69) is 43.0 Å². The third kappa shape index (κ3) is 7.90. The summed E-state index contributed by atoms with van der Waals surface area (Å²) in [6, 6.07) is 6.56. The van der Waals surface area contributed by atoms with Crippen LogP contribution >= 0.6 is 24.0 Å². The van der Waals surface area contributed by atoms with E-state index in [1.54, 1.807) is 7.05 Å². The van der Waals surface area contributed by atoms with E-state index in [9.17, 15) is 4.79 Å². The molecule has 152 valence electrons. The molecule has 0 bridgehead atoms. The molecule has 0 aliphatic carbocycles. The summed E-state index contributed by atoms with van der Waals surface area (Å²) < 4.78 is 0. The largest absolute Gasteiger partial charge is 0.356 e. The van der Waals surface area contributed by atoms with Crippen molar-refractivity contribution >= 4 is 41.7 Å². The van der Waals surface area contributed by atoms with E-state index in [1.165, 1.54) is 0 Å². The topological polar surface area (TPSA) is 81.6 Å². The van der Waals surface area contributed by atoms with Crippen molar-refractivity contribution in [3.8, 4) is 0 Å². The molecular formula is C19H33IN6O. The first-order valence-electron chi connectivity index (χ1n) is 9.43. The van der Waals surface area contributed by atoms with Crippen molar-refractivity contribution in [3.05, 3.63) is 23.9 Å². The van der Waals surface area contributed by atoms with Crippen LogP contribution in [-0.4, -0.2) is 56.1 Å². The van der Waals surface area contributed by atoms with Crippen molar-refractivity contribution in [2.24, 2.45) is 10.9 Å². The minimum atomic E-state index is 0. The number of aromatic nitrogens is 1. The number of nitrogens with zero attached hydrogens (tertiary/aromatic N) is 3. The van der Waals surface area contributed by atoms with Crippen LogP contribution in [0.15, 0.2) is 23.2 Å². The molecule has 1 aromatic heterocycles. The molecule has 0 aromatic carbocycles. The molecule has 7 nitrogen and oxygen atoms in total. The Bertz CT molecular complexity index is 614. The van der Waals surface area contributed by atoms with Gasteiger partial charge >= 0.3 is 0 Å². The van der Waals surface area contributed by atoms with Crippen LogP contribution in [0.2, 0.25) is 0 Å². The van der Waals surface area contributed by atoms with E-state index >= 15 is 0 Å². The van der Waals surface area contributed by atoms with Crippen LogP contribution in [0, 0.1) is 12.8 Å². The number of nitrogens with one attached hydrogen (secondary N) is 3. The molecule has 8 heteroatoms. The number of aliphatic imine (C=N–C) groups is 1. The number of guanidine groups is 1. The Labute approximate surface area is 179 Å². The highest BCUT2D eigenvalue weighted by Gasteiger charge is 2.20. The summed E-state index contributed by atoms with van der Waals surface area (Å²) in [4.78, 5) is 22.8. The van der Waals surface area contributed by atoms with Crippen molar-refractivity contribution in [2.45, 2.75) is 39.7 Å². The van der Waals surface area contributed by atoms with Gasteiger partial charge in [-0.05, 0) is 31.9 Å². The molecule has 1 fully saturated rings. The number of carbonyl (C=O) groups excluding carboxylic acids is 1. The van der Waals surface area contributed by atoms with Crippen LogP contribution in [0.1, 0.15) is 32.4 Å². The van der Waals surface area contributed by atoms with Gasteiger partial charge < -0.3 is 20.9 Å². The van der Waals surface area contributed by atoms with E-state index in [-0.39, 0.29) is 35.8 Å². The average Bonchev–Trinajstić information content (AvgIpc) is 2.64. The van der Waals surface area contributed by atoms with E-state index < -0.39 is 0 Å². The zero-order valence-corrected chi connectivity index (χ0v) is 19.1. The number of hydrogen-bond acceptors (Lipinski definition) is 4. The highest BCUT2D eigenvalue weighted by molar-refractivity contribution is 14.0. The molecule has 1 aliphatic rings. The quantitative estimate of drug-likeness (QED) is 0.247. The van der Waals surface area contributed by atoms with Crippen LogP contribution in [0.25, 0.3) is 0 Å². The van der Waals surface area contributed by atoms with Crippen molar-refractivity contribution in [2.75, 3.05) is 38.1 Å². The fourth-order valence-electron chi connectivity index (χ4n) is 2.92. The Hall–Kier alpha value is -1.58. The fourth-order valence-corrected chi connectivity index (χ4v) is 2.92. The van der Waals surface area contributed by atoms with Gasteiger partial charge in [0.05, 0.1) is 0 Å². The molecule has 1 amide bonds. The van der Waals surface area contributed by atoms with Crippen LogP contribution in [-0.2, 0) is 4.79 Å². The van der Waals surface area contributed by atoms with Crippen LogP contribution in [0.5, 0.6) is 0 Å². The Morgan fingerprint density at radius 3 is 2.52 bits per heavy atom. The number of pyridine rings is 1. The first-order chi connectivity index (χ1) is 12.5. The lowest BCUT2D eigenvalue weighted by atomic mass is 10.1. The molecule has 27 heavy (non-hydrogen) atoms. The van der Waals surface area contributed by atoms with Crippen molar-refractivity contribution in [3.63, 3.8) is 0 Å². The standard InChI is InChI=1S/C19H32N6O.HI/c1-14(2)18(26)21-10-11-22-19(20-4)24-16-8-12-25(13-9-16)17-7-5-6-15(3)23-17;/h5-7,14,16H,8-13H2,1-4H3,(H,21,26)(H2,20,22,24);1H. The van der Waals surface area contributed by atoms with Gasteiger partial charge in [-0.1, -0.05) is 19.9 Å². The summed E-state index contributed by atoms with van der Waals surface area (Å²) in [5.74, 6) is 1.94. The Morgan fingerprint density at radius 1 is 1.26 bits per heavy atom. The highest BCUT2D eigenvalue weighted by Crippen LogP contribution is 2.18. The van der Waals surface area contributed by atoms with E-state index in [0.29, 0.717) is 19.1 Å². The van der Waals surface area contributed by atoms with Crippen molar-refractivity contribution in [1.82, 2.24) is 20.9 Å². The van der Waals surface area contributed by atoms with Gasteiger partial charge in [0.1, 0.15) is 5.82 Å². The summed E-state index contributed by atoms with van der Waals surface area (Å²) in [5, 5.41) is 9.63. The second-order valence-corrected chi connectivity index (χ2v) is 6.99. The lowest BCUT2D eigenvalue weighted by Gasteiger charge is -2.34. The van der Waals surface area contributed by atoms with Gasteiger partial charge in [0, 0.05) is 50.9 Å². The number of piperidine rings is 1. The third-order valence-electron chi connectivity index (χ3n) is 4.50. The summed E-state index contributed by atoms with van der Waals surface area (Å²) in [7, 11) is 1.77. The van der Waals surface area contributed by atoms with E-state index in [1.807, 2.05) is 26.8 Å². The zero-order valence-electron chi connectivity index (χ0n) is 16.8. The maximum Gasteiger partial charge on any atom is 0.222 e. The average molecular weight is 488 g/mol. The summed E-state index contributed by atoms with van der Waals surface area (Å²) in [5.41, 5.74) is 1.05. The maximum absolute atomic E-state index is 11.5. The predicted octanol–water partition coefficient (Wildman–Crippen LogP) is 1.91. The summed E-state index contributed by atoms with van der Waals surface area (Å²) >= 11 is 0. The SMILES string of the molecule is CN=C(NCCNC(=O)C(C)C)NC1CCN(c2cccc(C)n2)CC1.I. The molecule has 0 atom stereocenters. The molecule has 3 N–H and O–H groups in total. The predicted molar refractivity (Wildman–Crippen MR) is 122 cm³/mol. The minimum absolute atomic E-state index is 0. The molecule has 0 unspecified atom stereocenters. The number of amides is 1. The molecule has 0 spiro atoms. The molecule has 1 aliphatic heterocycles. The number of halogens is 1. The highest BCUT2D eigenvalue weighted by atomic mass is 127. The number of carbonyl (C=O) groups is 1. The smallest absolute Gasteiger partial charge is 0.222 e. The molecular weight excluding hydrogens is 455 g/mol. The maximum atomic E-state index is 11.5. The normalized spacial score (nSPS) is 15.3. The van der Waals surface area contributed by atoms with Crippen LogP contribution in [0.3, 0.4) is 0 Å². The number of aryl methyl sites for hydroxylation is 1. The fraction of sp³-hybridized carbons (Fsp3) is 0.632. The van der Waals surface area contributed by atoms with Crippen molar-refractivity contribution < 1.29 is 4.79 Å². The number of hydrogen-bond donors (Lipinski definition) is 3. The lowest BCUT2D eigenvalue weighted by Crippen LogP contribution is -2.50. The lowest BCUT2D eigenvalue weighted by molar-refractivity contribution is -0.123. The van der Waals surface area contributed by atoms with Crippen molar-refractivity contribution in [1.29, 1.82) is 0 Å². The Morgan fingerprint density at radius 2 is 1.93 bits per heavy atom. The molecule has 0 radical (unpaired) electrons. The second kappa shape index (κ2) is 12.0. The molecule has 1 saturated heterocycles. The molecule has 2 heterocycles. The monoisotopic (exact) mass is 488 g/mol. The van der Waals surface area contributed by atoms with Gasteiger partial charge in [0.25, 0.3) is 0 Å². The summed E-state index contributed by atoms with van der Waals surface area (Å²) in [6.07, 6.45) is 2.08. The first kappa shape index (κ1) is 23.5. The van der Waals surface area contributed by atoms with Gasteiger partial charge in [0.15, 0.2) is 5.96 Å². The number of rotatable bonds is 6. The van der Waals surface area contributed by atoms with E-state index in [4.69, 9.17) is 0 Å². The summed E-state index contributed by atoms with van der Waals surface area (Å²) in [6.45, 7) is 9.02. The van der Waals surface area contributed by atoms with Gasteiger partial charge in [-0.25, -0.2) is 4.98 Å². The van der Waals surface area contributed by atoms with Gasteiger partial charge in [0.2, 0.25) is 5.91 Å². The van der Waals surface area contributed by atoms with Crippen LogP contribution < -0.4 is 20.9 Å². The molecule has 0 saturated carbocycles. The van der Waals surface area contributed by atoms with Crippen LogP contribution in [0.4, 0.5) is 5.82 Å². The first-order valence-corrected chi connectivity index (χ1v) is 9.43. The molecule has 2 rings (SSSR count). The van der Waals surface area contributed by atoms with Gasteiger partial charge in [-0.3, -0.25) is 9.79 Å². The molecule has 1 aromatic rings. The minimum Gasteiger partial charge on any atom is -0.356 e. The van der Waals surface area contributed by atoms with Gasteiger partial charge in [-0.15, -0.1) is 24.0 Å². The third-order valence-corrected chi connectivity index (χ3v) is 4.50. The van der Waals surface area contributed by atoms with Gasteiger partial charge in [-0.2, -0.15) is 0 Å². The number of anilines is 1. The zero-order chi connectivity index (χ0) is 18.9. The Kier molecular flexibility index (Phi) is 10.4. The van der Waals surface area contributed by atoms with E-state index in [0.717, 1.165) is 43.4 Å². The Balaban J connectivity index is 0.00000364. The second-order valence-electron chi connectivity index (χ2n) is 6.99.